The van der Waals surface area contributed by atoms with E-state index in [0.717, 1.165) is 40.9 Å². The summed E-state index contributed by atoms with van der Waals surface area (Å²) >= 11 is 0. The molecule has 5 rings (SSSR count). The van der Waals surface area contributed by atoms with E-state index >= 15 is 0 Å². The van der Waals surface area contributed by atoms with E-state index in [0.29, 0.717) is 11.7 Å². The lowest BCUT2D eigenvalue weighted by Crippen LogP contribution is -2.25. The molecule has 0 aliphatic carbocycles. The normalized spacial score (nSPS) is 14.5. The Morgan fingerprint density at radius 1 is 1.08 bits per heavy atom. The summed E-state index contributed by atoms with van der Waals surface area (Å²) < 4.78 is 20.4. The number of ether oxygens (including phenoxy) is 1. The minimum absolute atomic E-state index is 0.396. The first kappa shape index (κ1) is 15.1. The molecular weight excluding hydrogens is 333 g/mol. The van der Waals surface area contributed by atoms with Crippen molar-refractivity contribution in [1.29, 1.82) is 0 Å². The van der Waals surface area contributed by atoms with Crippen LogP contribution in [-0.4, -0.2) is 37.9 Å². The Hall–Kier alpha value is -3.19. The standard InChI is InChI=1S/C19H14FN5O/c20-18-2-1-3-19(24-18)25-17-5-16(22-8-14(17)9-23-25)13-4-12(6-21-7-13)15-10-26-11-15/h1-9,15H,10-11H2. The van der Waals surface area contributed by atoms with Gasteiger partial charge in [0.1, 0.15) is 0 Å². The molecule has 0 aromatic carbocycles. The molecule has 4 aromatic rings. The second kappa shape index (κ2) is 5.96. The number of pyridine rings is 3. The summed E-state index contributed by atoms with van der Waals surface area (Å²) in [4.78, 5) is 12.8. The third-order valence-electron chi connectivity index (χ3n) is 4.53. The van der Waals surface area contributed by atoms with Crippen LogP contribution in [0.4, 0.5) is 4.39 Å². The third kappa shape index (κ3) is 2.53. The summed E-state index contributed by atoms with van der Waals surface area (Å²) in [5.41, 5.74) is 3.67. The second-order valence-corrected chi connectivity index (χ2v) is 6.24. The lowest BCUT2D eigenvalue weighted by atomic mass is 9.97. The van der Waals surface area contributed by atoms with Crippen LogP contribution in [-0.2, 0) is 4.74 Å². The molecule has 0 N–H and O–H groups in total. The van der Waals surface area contributed by atoms with Crippen LogP contribution in [0.1, 0.15) is 11.5 Å². The number of aromatic nitrogens is 5. The minimum Gasteiger partial charge on any atom is -0.380 e. The van der Waals surface area contributed by atoms with Gasteiger partial charge in [-0.3, -0.25) is 9.97 Å². The fraction of sp³-hybridized carbons (Fsp3) is 0.158. The largest absolute Gasteiger partial charge is 0.380 e. The molecule has 0 spiro atoms. The van der Waals surface area contributed by atoms with Gasteiger partial charge in [-0.1, -0.05) is 6.07 Å². The number of halogens is 1. The average Bonchev–Trinajstić information content (AvgIpc) is 3.04. The molecule has 5 heterocycles. The molecule has 6 nitrogen and oxygen atoms in total. The topological polar surface area (TPSA) is 65.7 Å². The van der Waals surface area contributed by atoms with Crippen LogP contribution < -0.4 is 0 Å². The highest BCUT2D eigenvalue weighted by atomic mass is 19.1. The van der Waals surface area contributed by atoms with Crippen LogP contribution in [0.3, 0.4) is 0 Å². The van der Waals surface area contributed by atoms with Crippen LogP contribution in [0, 0.1) is 5.95 Å². The van der Waals surface area contributed by atoms with Crippen LogP contribution >= 0.6 is 0 Å². The van der Waals surface area contributed by atoms with E-state index in [1.165, 1.54) is 6.07 Å². The van der Waals surface area contributed by atoms with Crippen LogP contribution in [0.15, 0.2) is 55.1 Å². The van der Waals surface area contributed by atoms with Crippen molar-refractivity contribution < 1.29 is 9.13 Å². The van der Waals surface area contributed by atoms with Crippen molar-refractivity contribution in [2.45, 2.75) is 5.92 Å². The summed E-state index contributed by atoms with van der Waals surface area (Å²) in [6.45, 7) is 1.46. The summed E-state index contributed by atoms with van der Waals surface area (Å²) in [6, 6.07) is 8.65. The molecule has 128 valence electrons. The molecular formula is C19H14FN5O. The lowest BCUT2D eigenvalue weighted by molar-refractivity contribution is 0.00831. The van der Waals surface area contributed by atoms with Crippen molar-refractivity contribution in [3.05, 3.63) is 66.6 Å². The molecule has 1 aliphatic rings. The number of hydrogen-bond acceptors (Lipinski definition) is 5. The number of rotatable bonds is 3. The van der Waals surface area contributed by atoms with E-state index in [1.54, 1.807) is 35.4 Å². The second-order valence-electron chi connectivity index (χ2n) is 6.24. The number of hydrogen-bond donors (Lipinski definition) is 0. The van der Waals surface area contributed by atoms with Gasteiger partial charge in [-0.25, -0.2) is 9.67 Å². The molecule has 0 bridgehead atoms. The maximum absolute atomic E-state index is 13.5. The lowest BCUT2D eigenvalue weighted by Gasteiger charge is -2.26. The van der Waals surface area contributed by atoms with Gasteiger partial charge in [0.2, 0.25) is 5.95 Å². The highest BCUT2D eigenvalue weighted by molar-refractivity contribution is 5.83. The van der Waals surface area contributed by atoms with E-state index in [9.17, 15) is 4.39 Å². The van der Waals surface area contributed by atoms with E-state index in [1.807, 2.05) is 12.3 Å². The Bertz CT molecular complexity index is 1110. The van der Waals surface area contributed by atoms with E-state index in [4.69, 9.17) is 4.74 Å². The monoisotopic (exact) mass is 347 g/mol. The van der Waals surface area contributed by atoms with Crippen molar-refractivity contribution in [2.75, 3.05) is 13.2 Å². The van der Waals surface area contributed by atoms with Crippen molar-refractivity contribution in [2.24, 2.45) is 0 Å². The van der Waals surface area contributed by atoms with Gasteiger partial charge in [-0.15, -0.1) is 0 Å². The van der Waals surface area contributed by atoms with Crippen molar-refractivity contribution in [1.82, 2.24) is 24.7 Å². The van der Waals surface area contributed by atoms with Gasteiger partial charge in [0.15, 0.2) is 5.82 Å². The molecule has 4 aromatic heterocycles. The third-order valence-corrected chi connectivity index (χ3v) is 4.53. The van der Waals surface area contributed by atoms with E-state index in [2.05, 4.69) is 26.1 Å². The molecule has 0 atom stereocenters. The molecule has 1 fully saturated rings. The fourth-order valence-electron chi connectivity index (χ4n) is 3.03. The zero-order valence-electron chi connectivity index (χ0n) is 13.7. The van der Waals surface area contributed by atoms with Crippen LogP contribution in [0.5, 0.6) is 0 Å². The Morgan fingerprint density at radius 3 is 2.81 bits per heavy atom. The Balaban J connectivity index is 1.60. The van der Waals surface area contributed by atoms with Crippen LogP contribution in [0.2, 0.25) is 0 Å². The summed E-state index contributed by atoms with van der Waals surface area (Å²) in [5, 5.41) is 5.18. The molecule has 0 unspecified atom stereocenters. The summed E-state index contributed by atoms with van der Waals surface area (Å²) in [6.07, 6.45) is 7.11. The average molecular weight is 347 g/mol. The number of fused-ring (bicyclic) bond motifs is 1. The van der Waals surface area contributed by atoms with E-state index in [-0.39, 0.29) is 0 Å². The predicted octanol–water partition coefficient (Wildman–Crippen LogP) is 3.13. The first-order valence-corrected chi connectivity index (χ1v) is 8.28. The van der Waals surface area contributed by atoms with Crippen molar-refractivity contribution in [3.63, 3.8) is 0 Å². The van der Waals surface area contributed by atoms with Gasteiger partial charge in [-0.05, 0) is 29.8 Å². The Morgan fingerprint density at radius 2 is 2.00 bits per heavy atom. The zero-order chi connectivity index (χ0) is 17.5. The molecule has 0 amide bonds. The predicted molar refractivity (Wildman–Crippen MR) is 93.4 cm³/mol. The van der Waals surface area contributed by atoms with Gasteiger partial charge in [0.25, 0.3) is 0 Å². The molecule has 1 aliphatic heterocycles. The Labute approximate surface area is 148 Å². The fourth-order valence-corrected chi connectivity index (χ4v) is 3.03. The van der Waals surface area contributed by atoms with E-state index < -0.39 is 5.95 Å². The van der Waals surface area contributed by atoms with Crippen molar-refractivity contribution >= 4 is 10.9 Å². The highest BCUT2D eigenvalue weighted by Crippen LogP contribution is 2.28. The molecule has 0 radical (unpaired) electrons. The maximum Gasteiger partial charge on any atom is 0.214 e. The summed E-state index contributed by atoms with van der Waals surface area (Å²) in [5.74, 6) is 0.281. The molecule has 26 heavy (non-hydrogen) atoms. The SMILES string of the molecule is Fc1cccc(-n2ncc3cnc(-c4cncc(C5COC5)c4)cc32)n1. The van der Waals surface area contributed by atoms with Gasteiger partial charge < -0.3 is 4.74 Å². The molecule has 7 heteroatoms. The number of nitrogens with zero attached hydrogens (tertiary/aromatic N) is 5. The minimum atomic E-state index is -0.542. The quantitative estimate of drug-likeness (QED) is 0.533. The molecule has 0 saturated carbocycles. The molecule has 1 saturated heterocycles. The first-order chi connectivity index (χ1) is 12.8. The first-order valence-electron chi connectivity index (χ1n) is 8.28. The van der Waals surface area contributed by atoms with Gasteiger partial charge in [0, 0.05) is 35.5 Å². The van der Waals surface area contributed by atoms with Gasteiger partial charge >= 0.3 is 0 Å². The van der Waals surface area contributed by atoms with Crippen molar-refractivity contribution in [3.8, 4) is 17.1 Å². The maximum atomic E-state index is 13.5. The van der Waals surface area contributed by atoms with Gasteiger partial charge in [-0.2, -0.15) is 9.49 Å². The smallest absolute Gasteiger partial charge is 0.214 e. The highest BCUT2D eigenvalue weighted by Gasteiger charge is 2.21. The zero-order valence-corrected chi connectivity index (χ0v) is 13.7. The Kier molecular flexibility index (Phi) is 3.46. The van der Waals surface area contributed by atoms with Gasteiger partial charge in [0.05, 0.1) is 30.6 Å². The summed E-state index contributed by atoms with van der Waals surface area (Å²) in [7, 11) is 0. The van der Waals surface area contributed by atoms with Crippen LogP contribution in [0.25, 0.3) is 28.0 Å².